The number of nitrogens with one attached hydrogen (secondary N) is 2. The predicted octanol–water partition coefficient (Wildman–Crippen LogP) is 2.07. The standard InChI is InChI=1S/C18H21FN4O2/c19-15-6-2-1-5-14(15)18(25)20-9-8-17(24)23-11-3-4-13(12-23)16-7-10-21-22-16/h1-2,5-7,10,13H,3-4,8-9,11-12H2,(H,20,25)(H,21,22)/t13-/m1/s1. The van der Waals surface area contributed by atoms with Crippen molar-refractivity contribution in [2.45, 2.75) is 25.2 Å². The molecule has 1 aliphatic rings. The highest BCUT2D eigenvalue weighted by molar-refractivity contribution is 5.94. The SMILES string of the molecule is O=C(NCCC(=O)N1CCC[C@@H](c2ccn[nH]2)C1)c1ccccc1F. The summed E-state index contributed by atoms with van der Waals surface area (Å²) in [6, 6.07) is 7.73. The van der Waals surface area contributed by atoms with Gasteiger partial charge in [-0.05, 0) is 31.0 Å². The van der Waals surface area contributed by atoms with Gasteiger partial charge in [-0.15, -0.1) is 0 Å². The van der Waals surface area contributed by atoms with E-state index in [0.717, 1.165) is 25.1 Å². The van der Waals surface area contributed by atoms with E-state index in [0.29, 0.717) is 6.54 Å². The van der Waals surface area contributed by atoms with E-state index in [2.05, 4.69) is 15.5 Å². The first-order chi connectivity index (χ1) is 12.1. The summed E-state index contributed by atoms with van der Waals surface area (Å²) in [4.78, 5) is 26.1. The number of piperidine rings is 1. The Morgan fingerprint density at radius 1 is 1.32 bits per heavy atom. The lowest BCUT2D eigenvalue weighted by Crippen LogP contribution is -2.40. The molecule has 0 aliphatic carbocycles. The minimum atomic E-state index is -0.565. The van der Waals surface area contributed by atoms with Gasteiger partial charge in [-0.1, -0.05) is 12.1 Å². The quantitative estimate of drug-likeness (QED) is 0.872. The van der Waals surface area contributed by atoms with E-state index >= 15 is 0 Å². The largest absolute Gasteiger partial charge is 0.351 e. The Morgan fingerprint density at radius 2 is 2.16 bits per heavy atom. The molecule has 1 aliphatic heterocycles. The van der Waals surface area contributed by atoms with Crippen molar-refractivity contribution in [3.8, 4) is 0 Å². The number of hydrogen-bond acceptors (Lipinski definition) is 3. The second kappa shape index (κ2) is 7.92. The monoisotopic (exact) mass is 344 g/mol. The molecule has 1 aromatic heterocycles. The molecule has 25 heavy (non-hydrogen) atoms. The lowest BCUT2D eigenvalue weighted by Gasteiger charge is -2.32. The van der Waals surface area contributed by atoms with Crippen LogP contribution in [0.3, 0.4) is 0 Å². The second-order valence-corrected chi connectivity index (χ2v) is 6.18. The molecule has 0 bridgehead atoms. The van der Waals surface area contributed by atoms with Gasteiger partial charge in [0.1, 0.15) is 5.82 Å². The fourth-order valence-corrected chi connectivity index (χ4v) is 3.13. The summed E-state index contributed by atoms with van der Waals surface area (Å²) in [5.74, 6) is -0.795. The second-order valence-electron chi connectivity index (χ2n) is 6.18. The molecule has 0 spiro atoms. The van der Waals surface area contributed by atoms with Crippen molar-refractivity contribution in [1.82, 2.24) is 20.4 Å². The lowest BCUT2D eigenvalue weighted by molar-refractivity contribution is -0.132. The molecule has 2 heterocycles. The van der Waals surface area contributed by atoms with Crippen molar-refractivity contribution in [1.29, 1.82) is 0 Å². The number of amides is 2. The Hall–Kier alpha value is -2.70. The maximum atomic E-state index is 13.6. The molecule has 1 fully saturated rings. The van der Waals surface area contributed by atoms with Gasteiger partial charge in [0.15, 0.2) is 0 Å². The molecule has 2 amide bonds. The van der Waals surface area contributed by atoms with E-state index in [9.17, 15) is 14.0 Å². The Balaban J connectivity index is 1.47. The van der Waals surface area contributed by atoms with Crippen molar-refractivity contribution in [2.24, 2.45) is 0 Å². The fourth-order valence-electron chi connectivity index (χ4n) is 3.13. The molecule has 0 radical (unpaired) electrons. The van der Waals surface area contributed by atoms with Crippen LogP contribution < -0.4 is 5.32 Å². The Kier molecular flexibility index (Phi) is 5.42. The third-order valence-corrected chi connectivity index (χ3v) is 4.48. The summed E-state index contributed by atoms with van der Waals surface area (Å²) in [7, 11) is 0. The van der Waals surface area contributed by atoms with Crippen LogP contribution >= 0.6 is 0 Å². The molecule has 1 aromatic carbocycles. The number of rotatable bonds is 5. The molecule has 0 unspecified atom stereocenters. The zero-order valence-corrected chi connectivity index (χ0v) is 13.9. The number of aromatic nitrogens is 2. The first-order valence-corrected chi connectivity index (χ1v) is 8.45. The van der Waals surface area contributed by atoms with E-state index in [1.165, 1.54) is 18.2 Å². The van der Waals surface area contributed by atoms with Crippen molar-refractivity contribution >= 4 is 11.8 Å². The summed E-state index contributed by atoms with van der Waals surface area (Å²) in [5.41, 5.74) is 1.04. The summed E-state index contributed by atoms with van der Waals surface area (Å²) < 4.78 is 13.6. The van der Waals surface area contributed by atoms with Gasteiger partial charge in [0.25, 0.3) is 5.91 Å². The molecule has 0 saturated carbocycles. The van der Waals surface area contributed by atoms with Gasteiger partial charge in [-0.3, -0.25) is 14.7 Å². The summed E-state index contributed by atoms with van der Waals surface area (Å²) in [6.45, 7) is 1.57. The van der Waals surface area contributed by atoms with Crippen molar-refractivity contribution in [3.63, 3.8) is 0 Å². The molecule has 2 N–H and O–H groups in total. The van der Waals surface area contributed by atoms with Crippen LogP contribution in [0.15, 0.2) is 36.5 Å². The first kappa shape index (κ1) is 17.1. The van der Waals surface area contributed by atoms with Crippen LogP contribution in [0.5, 0.6) is 0 Å². The third-order valence-electron chi connectivity index (χ3n) is 4.48. The van der Waals surface area contributed by atoms with E-state index in [-0.39, 0.29) is 30.4 Å². The normalized spacial score (nSPS) is 17.3. The van der Waals surface area contributed by atoms with Gasteiger partial charge in [0.2, 0.25) is 5.91 Å². The van der Waals surface area contributed by atoms with Crippen LogP contribution in [0.4, 0.5) is 4.39 Å². The van der Waals surface area contributed by atoms with Crippen LogP contribution in [0.1, 0.15) is 41.2 Å². The zero-order chi connectivity index (χ0) is 17.6. The van der Waals surface area contributed by atoms with Gasteiger partial charge in [-0.2, -0.15) is 5.10 Å². The van der Waals surface area contributed by atoms with Crippen molar-refractivity contribution in [3.05, 3.63) is 53.6 Å². The van der Waals surface area contributed by atoms with Crippen LogP contribution in [0, 0.1) is 5.82 Å². The van der Waals surface area contributed by atoms with E-state index in [4.69, 9.17) is 0 Å². The minimum absolute atomic E-state index is 0.00181. The maximum Gasteiger partial charge on any atom is 0.254 e. The molecular weight excluding hydrogens is 323 g/mol. The van der Waals surface area contributed by atoms with Crippen LogP contribution in [0.2, 0.25) is 0 Å². The highest BCUT2D eigenvalue weighted by Crippen LogP contribution is 2.25. The number of halogens is 1. The van der Waals surface area contributed by atoms with Gasteiger partial charge in [0.05, 0.1) is 5.56 Å². The topological polar surface area (TPSA) is 78.1 Å². The van der Waals surface area contributed by atoms with Crippen LogP contribution in [-0.2, 0) is 4.79 Å². The summed E-state index contributed by atoms with van der Waals surface area (Å²) >= 11 is 0. The molecule has 132 valence electrons. The summed E-state index contributed by atoms with van der Waals surface area (Å²) in [6.07, 6.45) is 3.89. The summed E-state index contributed by atoms with van der Waals surface area (Å²) in [5, 5.41) is 9.54. The molecule has 1 atom stereocenters. The number of likely N-dealkylation sites (tertiary alicyclic amines) is 1. The van der Waals surface area contributed by atoms with Crippen LogP contribution in [-0.4, -0.2) is 46.5 Å². The Labute approximate surface area is 145 Å². The van der Waals surface area contributed by atoms with Crippen molar-refractivity contribution in [2.75, 3.05) is 19.6 Å². The maximum absolute atomic E-state index is 13.6. The predicted molar refractivity (Wildman–Crippen MR) is 90.5 cm³/mol. The Bertz CT molecular complexity index is 732. The highest BCUT2D eigenvalue weighted by atomic mass is 19.1. The number of hydrogen-bond donors (Lipinski definition) is 2. The Morgan fingerprint density at radius 3 is 2.92 bits per heavy atom. The van der Waals surface area contributed by atoms with E-state index in [1.54, 1.807) is 12.3 Å². The number of carbonyl (C=O) groups excluding carboxylic acids is 2. The van der Waals surface area contributed by atoms with E-state index in [1.807, 2.05) is 11.0 Å². The smallest absolute Gasteiger partial charge is 0.254 e. The highest BCUT2D eigenvalue weighted by Gasteiger charge is 2.25. The number of benzene rings is 1. The minimum Gasteiger partial charge on any atom is -0.351 e. The number of aromatic amines is 1. The zero-order valence-electron chi connectivity index (χ0n) is 13.9. The molecular formula is C18H21FN4O2. The fraction of sp³-hybridized carbons (Fsp3) is 0.389. The van der Waals surface area contributed by atoms with Gasteiger partial charge in [-0.25, -0.2) is 4.39 Å². The van der Waals surface area contributed by atoms with Gasteiger partial charge < -0.3 is 10.2 Å². The average Bonchev–Trinajstić information content (AvgIpc) is 3.17. The molecule has 7 heteroatoms. The number of H-pyrrole nitrogens is 1. The average molecular weight is 344 g/mol. The number of carbonyl (C=O) groups is 2. The molecule has 1 saturated heterocycles. The first-order valence-electron chi connectivity index (χ1n) is 8.45. The lowest BCUT2D eigenvalue weighted by atomic mass is 9.95. The third kappa shape index (κ3) is 4.23. The molecule has 2 aromatic rings. The van der Waals surface area contributed by atoms with Gasteiger partial charge >= 0.3 is 0 Å². The van der Waals surface area contributed by atoms with Crippen LogP contribution in [0.25, 0.3) is 0 Å². The van der Waals surface area contributed by atoms with E-state index < -0.39 is 11.7 Å². The number of nitrogens with zero attached hydrogens (tertiary/aromatic N) is 2. The molecule has 3 rings (SSSR count). The van der Waals surface area contributed by atoms with Crippen molar-refractivity contribution < 1.29 is 14.0 Å². The molecule has 6 nitrogen and oxygen atoms in total. The van der Waals surface area contributed by atoms with Gasteiger partial charge in [0, 0.05) is 43.9 Å².